The zero-order valence-electron chi connectivity index (χ0n) is 12.1. The van der Waals surface area contributed by atoms with E-state index in [0.717, 1.165) is 31.7 Å². The third-order valence-corrected chi connectivity index (χ3v) is 4.60. The Morgan fingerprint density at radius 3 is 2.55 bits per heavy atom. The summed E-state index contributed by atoms with van der Waals surface area (Å²) < 4.78 is 0. The van der Waals surface area contributed by atoms with E-state index in [1.807, 2.05) is 0 Å². The van der Waals surface area contributed by atoms with Crippen molar-refractivity contribution < 1.29 is 14.7 Å². The molecule has 1 heterocycles. The fraction of sp³-hybridized carbons (Fsp3) is 0.867. The standard InChI is InChI=1S/C15H26N2O3/c18-14(19)11-13-7-4-10-17(13)15(20)16-9-8-12-5-2-1-3-6-12/h12-13H,1-11H2,(H,16,20)(H,18,19). The Kier molecular flexibility index (Phi) is 5.68. The number of nitrogens with one attached hydrogen (secondary N) is 1. The first kappa shape index (κ1) is 15.1. The molecule has 0 aromatic carbocycles. The van der Waals surface area contributed by atoms with Crippen LogP contribution in [0, 0.1) is 5.92 Å². The maximum absolute atomic E-state index is 12.1. The van der Waals surface area contributed by atoms with E-state index in [4.69, 9.17) is 5.11 Å². The van der Waals surface area contributed by atoms with E-state index in [1.165, 1.54) is 32.1 Å². The molecule has 2 N–H and O–H groups in total. The summed E-state index contributed by atoms with van der Waals surface area (Å²) in [5.41, 5.74) is 0. The van der Waals surface area contributed by atoms with E-state index in [-0.39, 0.29) is 18.5 Å². The third-order valence-electron chi connectivity index (χ3n) is 4.60. The predicted octanol–water partition coefficient (Wildman–Crippen LogP) is 2.61. The number of aliphatic carboxylic acids is 1. The van der Waals surface area contributed by atoms with Crippen LogP contribution in [0.3, 0.4) is 0 Å². The number of carbonyl (C=O) groups excluding carboxylic acids is 1. The van der Waals surface area contributed by atoms with Gasteiger partial charge in [0.25, 0.3) is 0 Å². The van der Waals surface area contributed by atoms with Crippen molar-refractivity contribution in [2.75, 3.05) is 13.1 Å². The normalized spacial score (nSPS) is 23.8. The lowest BCUT2D eigenvalue weighted by molar-refractivity contribution is -0.137. The molecule has 0 radical (unpaired) electrons. The van der Waals surface area contributed by atoms with Crippen LogP contribution >= 0.6 is 0 Å². The maximum Gasteiger partial charge on any atom is 0.317 e. The van der Waals surface area contributed by atoms with Gasteiger partial charge < -0.3 is 15.3 Å². The Hall–Kier alpha value is -1.26. The smallest absolute Gasteiger partial charge is 0.317 e. The van der Waals surface area contributed by atoms with E-state index in [2.05, 4.69) is 5.32 Å². The third kappa shape index (κ3) is 4.39. The number of carbonyl (C=O) groups is 2. The Balaban J connectivity index is 1.69. The monoisotopic (exact) mass is 282 g/mol. The lowest BCUT2D eigenvalue weighted by Gasteiger charge is -2.25. The van der Waals surface area contributed by atoms with Crippen molar-refractivity contribution in [1.29, 1.82) is 0 Å². The average molecular weight is 282 g/mol. The van der Waals surface area contributed by atoms with Gasteiger partial charge in [-0.3, -0.25) is 4.79 Å². The SMILES string of the molecule is O=C(O)CC1CCCN1C(=O)NCCC1CCCCC1. The van der Waals surface area contributed by atoms with E-state index in [0.29, 0.717) is 6.54 Å². The molecule has 1 aliphatic carbocycles. The summed E-state index contributed by atoms with van der Waals surface area (Å²) in [4.78, 5) is 24.6. The highest BCUT2D eigenvalue weighted by Crippen LogP contribution is 2.26. The van der Waals surface area contributed by atoms with Crippen LogP contribution in [0.5, 0.6) is 0 Å². The Labute approximate surface area is 120 Å². The molecule has 1 atom stereocenters. The Morgan fingerprint density at radius 1 is 1.10 bits per heavy atom. The molecule has 2 rings (SSSR count). The zero-order chi connectivity index (χ0) is 14.4. The van der Waals surface area contributed by atoms with Crippen molar-refractivity contribution in [3.8, 4) is 0 Å². The van der Waals surface area contributed by atoms with Crippen LogP contribution in [0.2, 0.25) is 0 Å². The highest BCUT2D eigenvalue weighted by atomic mass is 16.4. The van der Waals surface area contributed by atoms with E-state index in [9.17, 15) is 9.59 Å². The number of amides is 2. The van der Waals surface area contributed by atoms with Crippen molar-refractivity contribution >= 4 is 12.0 Å². The molecule has 0 aromatic heterocycles. The fourth-order valence-electron chi connectivity index (χ4n) is 3.48. The first-order chi connectivity index (χ1) is 9.66. The van der Waals surface area contributed by atoms with Crippen molar-refractivity contribution in [3.05, 3.63) is 0 Å². The molecular weight excluding hydrogens is 256 g/mol. The molecule has 1 saturated carbocycles. The largest absolute Gasteiger partial charge is 0.481 e. The van der Waals surface area contributed by atoms with E-state index < -0.39 is 5.97 Å². The molecule has 1 unspecified atom stereocenters. The highest BCUT2D eigenvalue weighted by Gasteiger charge is 2.30. The molecule has 20 heavy (non-hydrogen) atoms. The quantitative estimate of drug-likeness (QED) is 0.814. The number of carboxylic acid groups (broad SMARTS) is 1. The van der Waals surface area contributed by atoms with Gasteiger partial charge in [0.1, 0.15) is 0 Å². The number of hydrogen-bond donors (Lipinski definition) is 2. The van der Waals surface area contributed by atoms with Gasteiger partial charge in [0.2, 0.25) is 0 Å². The van der Waals surface area contributed by atoms with Crippen LogP contribution in [0.25, 0.3) is 0 Å². The molecule has 1 saturated heterocycles. The van der Waals surface area contributed by atoms with Gasteiger partial charge >= 0.3 is 12.0 Å². The molecule has 0 aromatic rings. The van der Waals surface area contributed by atoms with E-state index in [1.54, 1.807) is 4.90 Å². The number of urea groups is 1. The number of hydrogen-bond acceptors (Lipinski definition) is 2. The molecule has 2 aliphatic rings. The predicted molar refractivity (Wildman–Crippen MR) is 76.6 cm³/mol. The highest BCUT2D eigenvalue weighted by molar-refractivity contribution is 5.76. The van der Waals surface area contributed by atoms with Crippen molar-refractivity contribution in [3.63, 3.8) is 0 Å². The number of likely N-dealkylation sites (tertiary alicyclic amines) is 1. The maximum atomic E-state index is 12.1. The summed E-state index contributed by atoms with van der Waals surface area (Å²) in [7, 11) is 0. The summed E-state index contributed by atoms with van der Waals surface area (Å²) in [6, 6.07) is -0.202. The summed E-state index contributed by atoms with van der Waals surface area (Å²) >= 11 is 0. The number of rotatable bonds is 5. The molecule has 114 valence electrons. The van der Waals surface area contributed by atoms with Crippen LogP contribution in [-0.2, 0) is 4.79 Å². The Bertz CT molecular complexity index is 340. The minimum absolute atomic E-state index is 0.0655. The lowest BCUT2D eigenvalue weighted by atomic mass is 9.87. The average Bonchev–Trinajstić information content (AvgIpc) is 2.87. The summed E-state index contributed by atoms with van der Waals surface area (Å²) in [5.74, 6) is -0.0608. The molecule has 1 aliphatic heterocycles. The topological polar surface area (TPSA) is 69.6 Å². The second-order valence-corrected chi connectivity index (χ2v) is 6.11. The van der Waals surface area contributed by atoms with Crippen LogP contribution < -0.4 is 5.32 Å². The van der Waals surface area contributed by atoms with Gasteiger partial charge in [-0.15, -0.1) is 0 Å². The second kappa shape index (κ2) is 7.50. The van der Waals surface area contributed by atoms with Crippen LogP contribution in [0.1, 0.15) is 57.8 Å². The van der Waals surface area contributed by atoms with E-state index >= 15 is 0 Å². The van der Waals surface area contributed by atoms with Gasteiger partial charge in [-0.25, -0.2) is 4.79 Å². The first-order valence-corrected chi connectivity index (χ1v) is 7.93. The van der Waals surface area contributed by atoms with Gasteiger partial charge in [-0.05, 0) is 25.2 Å². The number of carboxylic acids is 1. The summed E-state index contributed by atoms with van der Waals surface area (Å²) in [6.45, 7) is 1.41. The minimum atomic E-state index is -0.822. The van der Waals surface area contributed by atoms with Crippen LogP contribution in [-0.4, -0.2) is 41.1 Å². The van der Waals surface area contributed by atoms with Crippen LogP contribution in [0.4, 0.5) is 4.79 Å². The molecule has 2 amide bonds. The fourth-order valence-corrected chi connectivity index (χ4v) is 3.48. The van der Waals surface area contributed by atoms with Crippen LogP contribution in [0.15, 0.2) is 0 Å². The van der Waals surface area contributed by atoms with Crippen molar-refractivity contribution in [2.24, 2.45) is 5.92 Å². The van der Waals surface area contributed by atoms with Gasteiger partial charge in [0, 0.05) is 19.1 Å². The molecule has 5 heteroatoms. The molecule has 0 bridgehead atoms. The zero-order valence-corrected chi connectivity index (χ0v) is 12.1. The molecule has 2 fully saturated rings. The van der Waals surface area contributed by atoms with Crippen molar-refractivity contribution in [1.82, 2.24) is 10.2 Å². The second-order valence-electron chi connectivity index (χ2n) is 6.11. The summed E-state index contributed by atoms with van der Waals surface area (Å²) in [5, 5.41) is 11.8. The Morgan fingerprint density at radius 2 is 1.85 bits per heavy atom. The lowest BCUT2D eigenvalue weighted by Crippen LogP contribution is -2.44. The first-order valence-electron chi connectivity index (χ1n) is 7.93. The van der Waals surface area contributed by atoms with Gasteiger partial charge in [-0.1, -0.05) is 32.1 Å². The molecule has 0 spiro atoms. The molecular formula is C15H26N2O3. The van der Waals surface area contributed by atoms with Gasteiger partial charge in [0.05, 0.1) is 6.42 Å². The minimum Gasteiger partial charge on any atom is -0.481 e. The summed E-state index contributed by atoms with van der Waals surface area (Å²) in [6.07, 6.45) is 9.43. The van der Waals surface area contributed by atoms with Gasteiger partial charge in [0.15, 0.2) is 0 Å². The molecule has 5 nitrogen and oxygen atoms in total. The number of nitrogens with zero attached hydrogens (tertiary/aromatic N) is 1. The van der Waals surface area contributed by atoms with Gasteiger partial charge in [-0.2, -0.15) is 0 Å². The van der Waals surface area contributed by atoms with Crippen molar-refractivity contribution in [2.45, 2.75) is 63.8 Å².